The van der Waals surface area contributed by atoms with Crippen LogP contribution in [0.4, 0.5) is 4.79 Å². The molecule has 7 nitrogen and oxygen atoms in total. The number of ketones is 1. The Morgan fingerprint density at radius 3 is 2.30 bits per heavy atom. The van der Waals surface area contributed by atoms with Crippen LogP contribution in [-0.2, 0) is 18.4 Å². The molecule has 0 unspecified atom stereocenters. The first-order chi connectivity index (χ1) is 9.40. The molecule has 8 heteroatoms. The number of likely N-dealkylation sites (tertiary alicyclic amines) is 1. The summed E-state index contributed by atoms with van der Waals surface area (Å²) < 4.78 is 21.1. The van der Waals surface area contributed by atoms with E-state index in [0.29, 0.717) is 25.9 Å². The first-order valence-electron chi connectivity index (χ1n) is 6.27. The van der Waals surface area contributed by atoms with Crippen molar-refractivity contribution in [2.24, 2.45) is 5.92 Å². The van der Waals surface area contributed by atoms with Crippen LogP contribution in [0, 0.1) is 5.92 Å². The van der Waals surface area contributed by atoms with Crippen LogP contribution in [0.5, 0.6) is 0 Å². The van der Waals surface area contributed by atoms with Crippen LogP contribution in [0.25, 0.3) is 0 Å². The zero-order valence-corrected chi connectivity index (χ0v) is 12.5. The van der Waals surface area contributed by atoms with Gasteiger partial charge in [-0.2, -0.15) is 0 Å². The van der Waals surface area contributed by atoms with Gasteiger partial charge in [-0.1, -0.05) is 6.08 Å². The summed E-state index contributed by atoms with van der Waals surface area (Å²) in [7, 11) is -0.859. The fourth-order valence-electron chi connectivity index (χ4n) is 1.97. The number of rotatable bonds is 6. The van der Waals surface area contributed by atoms with Crippen molar-refractivity contribution in [1.29, 1.82) is 0 Å². The molecule has 0 N–H and O–H groups in total. The van der Waals surface area contributed by atoms with Crippen molar-refractivity contribution in [2.45, 2.75) is 12.8 Å². The van der Waals surface area contributed by atoms with Gasteiger partial charge in [-0.15, -0.1) is 0 Å². The highest BCUT2D eigenvalue weighted by Crippen LogP contribution is 2.46. The lowest BCUT2D eigenvalue weighted by Crippen LogP contribution is -2.45. The van der Waals surface area contributed by atoms with Gasteiger partial charge >= 0.3 is 7.60 Å². The maximum absolute atomic E-state index is 11.8. The van der Waals surface area contributed by atoms with Gasteiger partial charge in [-0.05, 0) is 24.8 Å². The molecule has 0 aromatic heterocycles. The fourth-order valence-corrected chi connectivity index (χ4v) is 2.86. The van der Waals surface area contributed by atoms with Crippen molar-refractivity contribution in [3.05, 3.63) is 12.2 Å². The molecule has 1 amide bonds. The SMILES string of the molecule is COP(=O)(CC(=O)/C=C/C1CCN(C(=O)[O-])CC1)OC. The van der Waals surface area contributed by atoms with Gasteiger partial charge in [0.15, 0.2) is 5.78 Å². The van der Waals surface area contributed by atoms with Crippen LogP contribution in [-0.4, -0.2) is 50.2 Å². The normalized spacial score (nSPS) is 17.6. The summed E-state index contributed by atoms with van der Waals surface area (Å²) in [6, 6.07) is 0. The van der Waals surface area contributed by atoms with Crippen molar-refractivity contribution in [2.75, 3.05) is 33.5 Å². The minimum atomic E-state index is -3.33. The Hall–Kier alpha value is -1.17. The molecule has 1 fully saturated rings. The maximum Gasteiger partial charge on any atom is 0.337 e. The third-order valence-corrected chi connectivity index (χ3v) is 5.07. The van der Waals surface area contributed by atoms with E-state index in [-0.39, 0.29) is 17.9 Å². The number of carboxylic acid groups (broad SMARTS) is 1. The van der Waals surface area contributed by atoms with E-state index in [9.17, 15) is 19.3 Å². The predicted molar refractivity (Wildman–Crippen MR) is 70.3 cm³/mol. The minimum absolute atomic E-state index is 0.138. The quantitative estimate of drug-likeness (QED) is 0.528. The van der Waals surface area contributed by atoms with Gasteiger partial charge in [0.25, 0.3) is 0 Å². The van der Waals surface area contributed by atoms with E-state index < -0.39 is 13.7 Å². The molecule has 20 heavy (non-hydrogen) atoms. The second-order valence-corrected chi connectivity index (χ2v) is 6.82. The summed E-state index contributed by atoms with van der Waals surface area (Å²) in [5, 5.41) is 10.6. The number of amides is 1. The summed E-state index contributed by atoms with van der Waals surface area (Å²) in [4.78, 5) is 23.5. The number of nitrogens with zero attached hydrogens (tertiary/aromatic N) is 1. The summed E-state index contributed by atoms with van der Waals surface area (Å²) in [5.41, 5.74) is 0. The first-order valence-corrected chi connectivity index (χ1v) is 8.00. The molecule has 0 aromatic rings. The van der Waals surface area contributed by atoms with E-state index in [1.54, 1.807) is 6.08 Å². The zero-order valence-electron chi connectivity index (χ0n) is 11.6. The lowest BCUT2D eigenvalue weighted by molar-refractivity contribution is -0.266. The van der Waals surface area contributed by atoms with E-state index in [0.717, 1.165) is 0 Å². The van der Waals surface area contributed by atoms with Crippen LogP contribution < -0.4 is 5.11 Å². The number of hydrogen-bond acceptors (Lipinski definition) is 6. The van der Waals surface area contributed by atoms with E-state index >= 15 is 0 Å². The van der Waals surface area contributed by atoms with Crippen LogP contribution in [0.15, 0.2) is 12.2 Å². The second-order valence-electron chi connectivity index (χ2n) is 4.55. The standard InChI is InChI=1S/C12H20NO6P/c1-18-20(17,19-2)9-11(14)4-3-10-5-7-13(8-6-10)12(15)16/h3-4,10H,5-9H2,1-2H3,(H,15,16)/p-1/b4-3+. The van der Waals surface area contributed by atoms with Crippen molar-refractivity contribution in [3.8, 4) is 0 Å². The Labute approximate surface area is 118 Å². The average molecular weight is 304 g/mol. The molecule has 0 atom stereocenters. The van der Waals surface area contributed by atoms with Crippen LogP contribution in [0.3, 0.4) is 0 Å². The molecule has 1 heterocycles. The third kappa shape index (κ3) is 5.07. The fraction of sp³-hybridized carbons (Fsp3) is 0.667. The second kappa shape index (κ2) is 7.57. The number of piperidine rings is 1. The monoisotopic (exact) mass is 304 g/mol. The van der Waals surface area contributed by atoms with Gasteiger partial charge in [-0.25, -0.2) is 0 Å². The third-order valence-electron chi connectivity index (χ3n) is 3.26. The predicted octanol–water partition coefficient (Wildman–Crippen LogP) is 0.653. The summed E-state index contributed by atoms with van der Waals surface area (Å²) in [6.45, 7) is 0.806. The Kier molecular flexibility index (Phi) is 6.39. The molecule has 0 radical (unpaired) electrons. The molecule has 0 spiro atoms. The summed E-state index contributed by atoms with van der Waals surface area (Å²) >= 11 is 0. The molecule has 0 saturated carbocycles. The molecule has 1 aliphatic heterocycles. The van der Waals surface area contributed by atoms with Crippen molar-refractivity contribution in [3.63, 3.8) is 0 Å². The van der Waals surface area contributed by atoms with Gasteiger partial charge in [-0.3, -0.25) is 9.36 Å². The lowest BCUT2D eigenvalue weighted by Gasteiger charge is -2.32. The molecule has 0 bridgehead atoms. The lowest BCUT2D eigenvalue weighted by atomic mass is 9.96. The molecular weight excluding hydrogens is 285 g/mol. The topological polar surface area (TPSA) is 96.0 Å². The van der Waals surface area contributed by atoms with E-state index in [1.165, 1.54) is 25.2 Å². The number of carbonyl (C=O) groups excluding carboxylic acids is 2. The summed E-state index contributed by atoms with van der Waals surface area (Å²) in [5.74, 6) is -0.196. The maximum atomic E-state index is 11.8. The molecule has 1 saturated heterocycles. The minimum Gasteiger partial charge on any atom is -0.530 e. The Balaban J connectivity index is 2.43. The van der Waals surface area contributed by atoms with Gasteiger partial charge in [0.2, 0.25) is 0 Å². The summed E-state index contributed by atoms with van der Waals surface area (Å²) in [6.07, 6.45) is 2.92. The molecule has 114 valence electrons. The Bertz CT molecular complexity index is 420. The smallest absolute Gasteiger partial charge is 0.337 e. The Morgan fingerprint density at radius 1 is 1.30 bits per heavy atom. The van der Waals surface area contributed by atoms with Crippen LogP contribution in [0.1, 0.15) is 12.8 Å². The highest BCUT2D eigenvalue weighted by Gasteiger charge is 2.24. The molecular formula is C12H19NO6P-. The van der Waals surface area contributed by atoms with E-state index in [2.05, 4.69) is 9.05 Å². The van der Waals surface area contributed by atoms with Gasteiger partial charge in [0.05, 0.1) is 0 Å². The number of allylic oxidation sites excluding steroid dienone is 2. The van der Waals surface area contributed by atoms with E-state index in [4.69, 9.17) is 0 Å². The highest BCUT2D eigenvalue weighted by molar-refractivity contribution is 7.54. The van der Waals surface area contributed by atoms with E-state index in [1.807, 2.05) is 0 Å². The highest BCUT2D eigenvalue weighted by atomic mass is 31.2. The van der Waals surface area contributed by atoms with Crippen molar-refractivity contribution < 1.29 is 28.3 Å². The van der Waals surface area contributed by atoms with Gasteiger partial charge in [0, 0.05) is 27.3 Å². The van der Waals surface area contributed by atoms with Gasteiger partial charge < -0.3 is 23.8 Å². The van der Waals surface area contributed by atoms with Crippen LogP contribution >= 0.6 is 7.60 Å². The van der Waals surface area contributed by atoms with Crippen molar-refractivity contribution in [1.82, 2.24) is 4.90 Å². The van der Waals surface area contributed by atoms with Gasteiger partial charge in [0.1, 0.15) is 12.3 Å². The molecule has 0 aliphatic carbocycles. The largest absolute Gasteiger partial charge is 0.530 e. The molecule has 1 aliphatic rings. The van der Waals surface area contributed by atoms with Crippen molar-refractivity contribution >= 4 is 19.5 Å². The number of carbonyl (C=O) groups is 2. The molecule has 1 rings (SSSR count). The van der Waals surface area contributed by atoms with Crippen LogP contribution in [0.2, 0.25) is 0 Å². The average Bonchev–Trinajstić information content (AvgIpc) is 2.45. The zero-order chi connectivity index (χ0) is 15.2. The Morgan fingerprint density at radius 2 is 1.85 bits per heavy atom. The molecule has 0 aromatic carbocycles. The number of hydrogen-bond donors (Lipinski definition) is 0. The first kappa shape index (κ1) is 16.9.